The molecule has 4 nitrogen and oxygen atoms in total. The zero-order valence-corrected chi connectivity index (χ0v) is 12.2. The minimum Gasteiger partial charge on any atom is -0.263 e. The maximum absolute atomic E-state index is 12.7. The van der Waals surface area contributed by atoms with Gasteiger partial charge in [0.2, 0.25) is 10.0 Å². The fourth-order valence-electron chi connectivity index (χ4n) is 2.14. The number of halogens is 1. The molecule has 0 amide bonds. The second kappa shape index (κ2) is 5.04. The number of nitrogens with zero attached hydrogens (tertiary/aromatic N) is 2. The largest absolute Gasteiger partial charge is 0.263 e. The smallest absolute Gasteiger partial charge is 0.246 e. The van der Waals surface area contributed by atoms with Crippen LogP contribution < -0.4 is 0 Å². The van der Waals surface area contributed by atoms with E-state index in [0.29, 0.717) is 24.9 Å². The quantitative estimate of drug-likeness (QED) is 0.811. The van der Waals surface area contributed by atoms with Crippen molar-refractivity contribution in [2.24, 2.45) is 11.8 Å². The van der Waals surface area contributed by atoms with Crippen molar-refractivity contribution in [3.05, 3.63) is 23.5 Å². The Kier molecular flexibility index (Phi) is 3.53. The van der Waals surface area contributed by atoms with Gasteiger partial charge in [-0.05, 0) is 43.6 Å². The van der Waals surface area contributed by atoms with Gasteiger partial charge >= 0.3 is 0 Å². The molecule has 0 spiro atoms. The zero-order valence-electron chi connectivity index (χ0n) is 10.6. The highest BCUT2D eigenvalue weighted by molar-refractivity contribution is 7.89. The van der Waals surface area contributed by atoms with Crippen LogP contribution in [0.2, 0.25) is 5.02 Å². The summed E-state index contributed by atoms with van der Waals surface area (Å²) in [5.74, 6) is 1.06. The van der Waals surface area contributed by atoms with E-state index < -0.39 is 10.0 Å². The average molecular weight is 301 g/mol. The highest BCUT2D eigenvalue weighted by atomic mass is 35.5. The summed E-state index contributed by atoms with van der Waals surface area (Å²) >= 11 is 6.01. The van der Waals surface area contributed by atoms with Crippen LogP contribution >= 0.6 is 11.6 Å². The fourth-order valence-corrected chi connectivity index (χ4v) is 4.14. The van der Waals surface area contributed by atoms with Crippen LogP contribution in [0.25, 0.3) is 0 Å². The topological polar surface area (TPSA) is 50.3 Å². The van der Waals surface area contributed by atoms with Crippen molar-refractivity contribution in [2.45, 2.75) is 30.6 Å². The molecule has 6 heteroatoms. The summed E-state index contributed by atoms with van der Waals surface area (Å²) in [5.41, 5.74) is 0. The molecule has 1 aromatic rings. The summed E-state index contributed by atoms with van der Waals surface area (Å²) in [6.07, 6.45) is 7.40. The molecule has 0 saturated heterocycles. The highest BCUT2D eigenvalue weighted by Gasteiger charge is 2.36. The van der Waals surface area contributed by atoms with E-state index >= 15 is 0 Å². The van der Waals surface area contributed by atoms with Crippen molar-refractivity contribution in [3.8, 4) is 0 Å². The standard InChI is InChI=1S/C13H17ClN2O2S/c14-12-5-6-15-7-13(12)19(17,18)16(8-10-1-2-10)9-11-3-4-11/h5-7,10-11H,1-4,8-9H2. The van der Waals surface area contributed by atoms with E-state index in [4.69, 9.17) is 11.6 Å². The second-order valence-electron chi connectivity index (χ2n) is 5.51. The van der Waals surface area contributed by atoms with E-state index in [-0.39, 0.29) is 9.92 Å². The molecule has 2 fully saturated rings. The molecule has 2 aliphatic carbocycles. The lowest BCUT2D eigenvalue weighted by atomic mass is 10.4. The maximum Gasteiger partial charge on any atom is 0.246 e. The minimum absolute atomic E-state index is 0.137. The monoisotopic (exact) mass is 300 g/mol. The predicted octanol–water partition coefficient (Wildman–Crippen LogP) is 2.55. The van der Waals surface area contributed by atoms with Crippen LogP contribution in [-0.2, 0) is 10.0 Å². The Balaban J connectivity index is 1.87. The average Bonchev–Trinajstić information content (AvgIpc) is 3.23. The molecule has 0 radical (unpaired) electrons. The number of aromatic nitrogens is 1. The SMILES string of the molecule is O=S(=O)(c1cnccc1Cl)N(CC1CC1)CC1CC1. The van der Waals surface area contributed by atoms with E-state index in [1.165, 1.54) is 18.5 Å². The van der Waals surface area contributed by atoms with Gasteiger partial charge in [-0.3, -0.25) is 4.98 Å². The van der Waals surface area contributed by atoms with E-state index in [1.807, 2.05) is 0 Å². The van der Waals surface area contributed by atoms with Crippen LogP contribution in [0.3, 0.4) is 0 Å². The molecular formula is C13H17ClN2O2S. The van der Waals surface area contributed by atoms with Crippen LogP contribution in [0.1, 0.15) is 25.7 Å². The first kappa shape index (κ1) is 13.3. The van der Waals surface area contributed by atoms with Crippen molar-refractivity contribution in [2.75, 3.05) is 13.1 Å². The van der Waals surface area contributed by atoms with Crippen molar-refractivity contribution in [3.63, 3.8) is 0 Å². The molecule has 0 aliphatic heterocycles. The Labute approximate surface area is 118 Å². The van der Waals surface area contributed by atoms with Gasteiger partial charge in [-0.2, -0.15) is 4.31 Å². The van der Waals surface area contributed by atoms with Gasteiger partial charge in [0, 0.05) is 25.5 Å². The first-order chi connectivity index (χ1) is 9.07. The van der Waals surface area contributed by atoms with E-state index in [0.717, 1.165) is 25.7 Å². The van der Waals surface area contributed by atoms with Crippen LogP contribution in [0, 0.1) is 11.8 Å². The Morgan fingerprint density at radius 2 is 1.79 bits per heavy atom. The van der Waals surface area contributed by atoms with Crippen LogP contribution in [0.15, 0.2) is 23.4 Å². The molecule has 0 N–H and O–H groups in total. The third-order valence-corrected chi connectivity index (χ3v) is 5.97. The summed E-state index contributed by atoms with van der Waals surface area (Å²) in [6.45, 7) is 1.26. The van der Waals surface area contributed by atoms with Gasteiger partial charge in [0.1, 0.15) is 4.90 Å². The molecule has 0 aromatic carbocycles. The Bertz CT molecular complexity index is 554. The molecule has 2 saturated carbocycles. The third-order valence-electron chi connectivity index (χ3n) is 3.67. The number of hydrogen-bond donors (Lipinski definition) is 0. The summed E-state index contributed by atoms with van der Waals surface area (Å²) in [6, 6.07) is 1.53. The van der Waals surface area contributed by atoms with Gasteiger partial charge in [0.25, 0.3) is 0 Å². The minimum atomic E-state index is -3.50. The van der Waals surface area contributed by atoms with Crippen LogP contribution in [-0.4, -0.2) is 30.8 Å². The van der Waals surface area contributed by atoms with Crippen molar-refractivity contribution in [1.29, 1.82) is 0 Å². The normalized spacial score (nSPS) is 19.9. The van der Waals surface area contributed by atoms with Gasteiger partial charge in [-0.15, -0.1) is 0 Å². The van der Waals surface area contributed by atoms with Crippen molar-refractivity contribution >= 4 is 21.6 Å². The summed E-state index contributed by atoms with van der Waals surface area (Å²) in [7, 11) is -3.50. The number of sulfonamides is 1. The van der Waals surface area contributed by atoms with Crippen LogP contribution in [0.5, 0.6) is 0 Å². The Morgan fingerprint density at radius 3 is 2.26 bits per heavy atom. The first-order valence-corrected chi connectivity index (χ1v) is 8.49. The van der Waals surface area contributed by atoms with Gasteiger partial charge < -0.3 is 0 Å². The molecular weight excluding hydrogens is 284 g/mol. The van der Waals surface area contributed by atoms with E-state index in [1.54, 1.807) is 4.31 Å². The number of pyridine rings is 1. The number of rotatable bonds is 6. The molecule has 0 unspecified atom stereocenters. The first-order valence-electron chi connectivity index (χ1n) is 6.67. The third kappa shape index (κ3) is 3.09. The zero-order chi connectivity index (χ0) is 13.5. The van der Waals surface area contributed by atoms with Crippen molar-refractivity contribution in [1.82, 2.24) is 9.29 Å². The molecule has 0 atom stereocenters. The second-order valence-corrected chi connectivity index (χ2v) is 7.83. The summed E-state index contributed by atoms with van der Waals surface area (Å²) in [4.78, 5) is 4.03. The van der Waals surface area contributed by atoms with Gasteiger partial charge in [-0.1, -0.05) is 11.6 Å². The molecule has 3 rings (SSSR count). The van der Waals surface area contributed by atoms with Crippen molar-refractivity contribution < 1.29 is 8.42 Å². The lowest BCUT2D eigenvalue weighted by Crippen LogP contribution is -2.35. The number of hydrogen-bond acceptors (Lipinski definition) is 3. The molecule has 19 heavy (non-hydrogen) atoms. The lowest BCUT2D eigenvalue weighted by Gasteiger charge is -2.22. The maximum atomic E-state index is 12.7. The van der Waals surface area contributed by atoms with Crippen LogP contribution in [0.4, 0.5) is 0 Å². The predicted molar refractivity (Wildman–Crippen MR) is 73.5 cm³/mol. The highest BCUT2D eigenvalue weighted by Crippen LogP contribution is 2.36. The lowest BCUT2D eigenvalue weighted by molar-refractivity contribution is 0.382. The molecule has 1 aromatic heterocycles. The van der Waals surface area contributed by atoms with E-state index in [9.17, 15) is 8.42 Å². The Hall–Kier alpha value is -0.650. The van der Waals surface area contributed by atoms with Gasteiger partial charge in [-0.25, -0.2) is 8.42 Å². The van der Waals surface area contributed by atoms with E-state index in [2.05, 4.69) is 4.98 Å². The molecule has 2 aliphatic rings. The molecule has 0 bridgehead atoms. The summed E-state index contributed by atoms with van der Waals surface area (Å²) in [5, 5.41) is 0.256. The van der Waals surface area contributed by atoms with Gasteiger partial charge in [0.05, 0.1) is 5.02 Å². The molecule has 104 valence electrons. The van der Waals surface area contributed by atoms with Gasteiger partial charge in [0.15, 0.2) is 0 Å². The fraction of sp³-hybridized carbons (Fsp3) is 0.615. The Morgan fingerprint density at radius 1 is 1.21 bits per heavy atom. The molecule has 1 heterocycles. The summed E-state index contributed by atoms with van der Waals surface area (Å²) < 4.78 is 27.0.